The molecule has 0 unspecified atom stereocenters. The molecule has 1 spiro atoms. The van der Waals surface area contributed by atoms with Gasteiger partial charge in [-0.3, -0.25) is 4.79 Å². The van der Waals surface area contributed by atoms with Gasteiger partial charge in [-0.15, -0.1) is 0 Å². The molecule has 0 bridgehead atoms. The Morgan fingerprint density at radius 2 is 2.00 bits per heavy atom. The Morgan fingerprint density at radius 1 is 1.20 bits per heavy atom. The molecule has 188 valence electrons. The highest BCUT2D eigenvalue weighted by Crippen LogP contribution is 2.48. The molecule has 1 aliphatic carbocycles. The number of hydrogen-bond acceptors (Lipinski definition) is 5. The van der Waals surface area contributed by atoms with Crippen molar-refractivity contribution in [2.75, 3.05) is 33.9 Å². The van der Waals surface area contributed by atoms with Crippen LogP contribution in [0.15, 0.2) is 30.3 Å². The molecule has 35 heavy (non-hydrogen) atoms. The first-order valence-electron chi connectivity index (χ1n) is 12.2. The van der Waals surface area contributed by atoms with Crippen LogP contribution in [-0.2, 0) is 39.4 Å². The monoisotopic (exact) mass is 486 g/mol. The van der Waals surface area contributed by atoms with E-state index in [2.05, 4.69) is 11.4 Å². The molecule has 5 rings (SSSR count). The van der Waals surface area contributed by atoms with Crippen molar-refractivity contribution in [3.8, 4) is 5.75 Å². The van der Waals surface area contributed by atoms with E-state index in [1.807, 2.05) is 17.0 Å². The molecule has 2 aromatic carbocycles. The van der Waals surface area contributed by atoms with E-state index in [0.717, 1.165) is 36.1 Å². The molecule has 2 heterocycles. The first-order chi connectivity index (χ1) is 17.0. The lowest BCUT2D eigenvalue weighted by Crippen LogP contribution is -2.55. The zero-order valence-electron chi connectivity index (χ0n) is 20.2. The van der Waals surface area contributed by atoms with Crippen molar-refractivity contribution in [2.45, 2.75) is 50.5 Å². The highest BCUT2D eigenvalue weighted by atomic mass is 19.2. The Labute approximate surface area is 204 Å². The normalized spacial score (nSPS) is 23.4. The van der Waals surface area contributed by atoms with Crippen molar-refractivity contribution < 1.29 is 27.8 Å². The Hall–Kier alpha value is -2.55. The van der Waals surface area contributed by atoms with Gasteiger partial charge in [-0.1, -0.05) is 12.1 Å². The quantitative estimate of drug-likeness (QED) is 0.617. The van der Waals surface area contributed by atoms with Crippen LogP contribution in [0.1, 0.15) is 41.5 Å². The molecule has 1 saturated heterocycles. The Kier molecular flexibility index (Phi) is 6.79. The Morgan fingerprint density at radius 3 is 2.74 bits per heavy atom. The van der Waals surface area contributed by atoms with Crippen LogP contribution in [0.3, 0.4) is 0 Å². The lowest BCUT2D eigenvalue weighted by Gasteiger charge is -2.43. The minimum atomic E-state index is -0.955. The second-order valence-corrected chi connectivity index (χ2v) is 9.69. The Balaban J connectivity index is 1.46. The van der Waals surface area contributed by atoms with E-state index in [0.29, 0.717) is 43.8 Å². The number of benzene rings is 2. The Bertz CT molecular complexity index is 1110. The molecule has 3 aliphatic rings. The molecule has 2 aromatic rings. The van der Waals surface area contributed by atoms with Gasteiger partial charge in [0.15, 0.2) is 11.6 Å². The number of carbonyl (C=O) groups excluding carboxylic acids is 1. The average Bonchev–Trinajstić information content (AvgIpc) is 3.66. The SMILES string of the molecule is COCCc1ccc(OC)c(CN(C(=O)[C@H]2CNCC[C@@]23OCc2cc(F)c(F)cc23)C2CC2)c1. The van der Waals surface area contributed by atoms with Gasteiger partial charge in [-0.05, 0) is 67.1 Å². The van der Waals surface area contributed by atoms with E-state index < -0.39 is 23.2 Å². The first kappa shape index (κ1) is 24.2. The number of nitrogens with one attached hydrogen (secondary N) is 1. The highest BCUT2D eigenvalue weighted by Gasteiger charge is 2.53. The van der Waals surface area contributed by atoms with Crippen molar-refractivity contribution in [1.29, 1.82) is 0 Å². The molecule has 2 aliphatic heterocycles. The minimum Gasteiger partial charge on any atom is -0.496 e. The third kappa shape index (κ3) is 4.55. The van der Waals surface area contributed by atoms with E-state index in [4.69, 9.17) is 14.2 Å². The fraction of sp³-hybridized carbons (Fsp3) is 0.519. The number of amides is 1. The molecule has 1 amide bonds. The number of carbonyl (C=O) groups is 1. The van der Waals surface area contributed by atoms with Crippen molar-refractivity contribution in [3.05, 3.63) is 64.2 Å². The molecule has 2 fully saturated rings. The van der Waals surface area contributed by atoms with Gasteiger partial charge in [-0.25, -0.2) is 8.78 Å². The van der Waals surface area contributed by atoms with Crippen molar-refractivity contribution in [3.63, 3.8) is 0 Å². The van der Waals surface area contributed by atoms with Crippen LogP contribution < -0.4 is 10.1 Å². The lowest BCUT2D eigenvalue weighted by atomic mass is 9.75. The van der Waals surface area contributed by atoms with Crippen LogP contribution in [0, 0.1) is 17.6 Å². The molecule has 1 saturated carbocycles. The summed E-state index contributed by atoms with van der Waals surface area (Å²) in [5, 5.41) is 3.32. The van der Waals surface area contributed by atoms with E-state index in [1.165, 1.54) is 12.1 Å². The van der Waals surface area contributed by atoms with Crippen molar-refractivity contribution in [2.24, 2.45) is 5.92 Å². The third-order valence-electron chi connectivity index (χ3n) is 7.52. The van der Waals surface area contributed by atoms with E-state index in [1.54, 1.807) is 14.2 Å². The predicted molar refractivity (Wildman–Crippen MR) is 126 cm³/mol. The van der Waals surface area contributed by atoms with Crippen LogP contribution >= 0.6 is 0 Å². The first-order valence-corrected chi connectivity index (χ1v) is 12.2. The predicted octanol–water partition coefficient (Wildman–Crippen LogP) is 3.69. The van der Waals surface area contributed by atoms with Crippen molar-refractivity contribution in [1.82, 2.24) is 10.2 Å². The number of hydrogen-bond donors (Lipinski definition) is 1. The van der Waals surface area contributed by atoms with E-state index in [9.17, 15) is 13.6 Å². The minimum absolute atomic E-state index is 0.0263. The summed E-state index contributed by atoms with van der Waals surface area (Å²) in [4.78, 5) is 16.1. The number of halogens is 2. The molecular weight excluding hydrogens is 454 g/mol. The van der Waals surface area contributed by atoms with Crippen LogP contribution in [0.4, 0.5) is 8.78 Å². The van der Waals surface area contributed by atoms with Crippen LogP contribution in [0.5, 0.6) is 5.75 Å². The molecule has 2 atom stereocenters. The van der Waals surface area contributed by atoms with Gasteiger partial charge in [0, 0.05) is 31.8 Å². The zero-order valence-corrected chi connectivity index (χ0v) is 20.2. The lowest BCUT2D eigenvalue weighted by molar-refractivity contribution is -0.157. The average molecular weight is 487 g/mol. The van der Waals surface area contributed by atoms with Crippen LogP contribution in [0.25, 0.3) is 0 Å². The van der Waals surface area contributed by atoms with Gasteiger partial charge in [0.25, 0.3) is 0 Å². The number of piperidine rings is 1. The number of fused-ring (bicyclic) bond motifs is 2. The van der Waals surface area contributed by atoms with Gasteiger partial charge in [0.1, 0.15) is 11.4 Å². The maximum absolute atomic E-state index is 14.3. The molecule has 0 radical (unpaired) electrons. The second-order valence-electron chi connectivity index (χ2n) is 9.69. The van der Waals surface area contributed by atoms with Crippen LogP contribution in [-0.4, -0.2) is 50.8 Å². The standard InChI is InChI=1S/C27H32F2N2O4/c1-33-10-7-17-3-6-25(34-2)18(11-17)15-31(20-4-5-20)26(32)22-14-30-9-8-27(22)21-13-24(29)23(28)12-19(21)16-35-27/h3,6,11-13,20,22,30H,4-5,7-10,14-16H2,1-2H3/t22-,27+/m1/s1. The van der Waals surface area contributed by atoms with Gasteiger partial charge in [0.05, 0.1) is 26.2 Å². The molecule has 1 N–H and O–H groups in total. The topological polar surface area (TPSA) is 60.0 Å². The van der Waals surface area contributed by atoms with Gasteiger partial charge < -0.3 is 24.4 Å². The summed E-state index contributed by atoms with van der Waals surface area (Å²) < 4.78 is 45.3. The fourth-order valence-corrected chi connectivity index (χ4v) is 5.51. The third-order valence-corrected chi connectivity index (χ3v) is 7.52. The van der Waals surface area contributed by atoms with E-state index in [-0.39, 0.29) is 18.6 Å². The molecular formula is C27H32F2N2O4. The largest absolute Gasteiger partial charge is 0.496 e. The summed E-state index contributed by atoms with van der Waals surface area (Å²) in [6, 6.07) is 8.62. The summed E-state index contributed by atoms with van der Waals surface area (Å²) in [6.45, 7) is 2.27. The highest BCUT2D eigenvalue weighted by molar-refractivity contribution is 5.82. The van der Waals surface area contributed by atoms with E-state index >= 15 is 0 Å². The van der Waals surface area contributed by atoms with Crippen molar-refractivity contribution >= 4 is 5.91 Å². The molecule has 0 aromatic heterocycles. The summed E-state index contributed by atoms with van der Waals surface area (Å²) in [7, 11) is 3.31. The number of ether oxygens (including phenoxy) is 3. The van der Waals surface area contributed by atoms with Gasteiger partial charge >= 0.3 is 0 Å². The summed E-state index contributed by atoms with van der Waals surface area (Å²) >= 11 is 0. The zero-order chi connectivity index (χ0) is 24.6. The fourth-order valence-electron chi connectivity index (χ4n) is 5.51. The number of methoxy groups -OCH3 is 2. The van der Waals surface area contributed by atoms with Gasteiger partial charge in [-0.2, -0.15) is 0 Å². The summed E-state index contributed by atoms with van der Waals surface area (Å²) in [6.07, 6.45) is 3.19. The maximum atomic E-state index is 14.3. The summed E-state index contributed by atoms with van der Waals surface area (Å²) in [5.74, 6) is -1.62. The van der Waals surface area contributed by atoms with Gasteiger partial charge in [0.2, 0.25) is 5.91 Å². The van der Waals surface area contributed by atoms with Crippen LogP contribution in [0.2, 0.25) is 0 Å². The maximum Gasteiger partial charge on any atom is 0.230 e. The number of nitrogens with zero attached hydrogens (tertiary/aromatic N) is 1. The smallest absolute Gasteiger partial charge is 0.230 e. The number of rotatable bonds is 8. The summed E-state index contributed by atoms with van der Waals surface area (Å²) in [5.41, 5.74) is 2.33. The molecule has 8 heteroatoms. The molecule has 6 nitrogen and oxygen atoms in total. The second kappa shape index (κ2) is 9.84.